The van der Waals surface area contributed by atoms with Crippen molar-refractivity contribution in [1.29, 1.82) is 0 Å². The van der Waals surface area contributed by atoms with E-state index in [1.165, 1.54) is 0 Å². The molecule has 1 aliphatic rings. The number of hydrogen-bond donors (Lipinski definition) is 0. The minimum absolute atomic E-state index is 0.103. The van der Waals surface area contributed by atoms with E-state index >= 15 is 0 Å². The minimum atomic E-state index is -0.249. The first-order chi connectivity index (χ1) is 9.45. The van der Waals surface area contributed by atoms with Gasteiger partial charge in [0.25, 0.3) is 0 Å². The predicted octanol–water partition coefficient (Wildman–Crippen LogP) is 4.64. The molecule has 20 heavy (non-hydrogen) atoms. The van der Waals surface area contributed by atoms with Crippen LogP contribution in [0.25, 0.3) is 0 Å². The zero-order chi connectivity index (χ0) is 15.3. The lowest BCUT2D eigenvalue weighted by atomic mass is 9.66. The summed E-state index contributed by atoms with van der Waals surface area (Å²) in [5, 5.41) is 13.4. The zero-order valence-corrected chi connectivity index (χ0v) is 14.3. The van der Waals surface area contributed by atoms with Gasteiger partial charge in [0.15, 0.2) is 0 Å². The Morgan fingerprint density at radius 3 is 1.75 bits per heavy atom. The van der Waals surface area contributed by atoms with E-state index < -0.39 is 0 Å². The molecule has 1 atom stereocenters. The number of nitrogens with zero attached hydrogens (tertiary/aromatic N) is 1. The number of rotatable bonds is 8. The van der Waals surface area contributed by atoms with Crippen molar-refractivity contribution in [3.63, 3.8) is 0 Å². The topological polar surface area (TPSA) is 32.3 Å². The van der Waals surface area contributed by atoms with E-state index in [9.17, 15) is 5.21 Å². The van der Waals surface area contributed by atoms with Crippen molar-refractivity contribution in [2.75, 3.05) is 20.2 Å². The largest absolute Gasteiger partial charge is 0.632 e. The number of quaternary nitrogens is 1. The van der Waals surface area contributed by atoms with Crippen LogP contribution in [0.2, 0.25) is 0 Å². The van der Waals surface area contributed by atoms with Gasteiger partial charge < -0.3 is 14.6 Å². The van der Waals surface area contributed by atoms with Gasteiger partial charge in [-0.15, -0.1) is 0 Å². The fraction of sp³-hybridized carbons (Fsp3) is 1.00. The Kier molecular flexibility index (Phi) is 6.49. The van der Waals surface area contributed by atoms with Crippen LogP contribution in [0, 0.1) is 5.21 Å². The molecular formula is C17H35NO2. The Labute approximate surface area is 125 Å². The molecule has 0 amide bonds. The van der Waals surface area contributed by atoms with Gasteiger partial charge in [0.1, 0.15) is 17.7 Å². The molecule has 1 fully saturated rings. The van der Waals surface area contributed by atoms with Crippen molar-refractivity contribution < 1.29 is 9.38 Å². The molecule has 1 rings (SSSR count). The molecule has 3 heteroatoms. The van der Waals surface area contributed by atoms with Gasteiger partial charge in [-0.25, -0.2) is 0 Å². The number of hydroxylamine groups is 3. The van der Waals surface area contributed by atoms with Gasteiger partial charge in [0.05, 0.1) is 13.7 Å². The summed E-state index contributed by atoms with van der Waals surface area (Å²) in [6.45, 7) is 10.1. The lowest BCUT2D eigenvalue weighted by Crippen LogP contribution is -2.75. The average molecular weight is 285 g/mol. The first-order valence-electron chi connectivity index (χ1n) is 8.66. The summed E-state index contributed by atoms with van der Waals surface area (Å²) in [7, 11) is 1.90. The van der Waals surface area contributed by atoms with Gasteiger partial charge in [-0.05, 0) is 12.8 Å². The third kappa shape index (κ3) is 2.90. The minimum Gasteiger partial charge on any atom is -0.632 e. The van der Waals surface area contributed by atoms with E-state index in [0.717, 1.165) is 51.4 Å². The summed E-state index contributed by atoms with van der Waals surface area (Å²) in [6.07, 6.45) is 8.34. The zero-order valence-electron chi connectivity index (χ0n) is 14.3. The molecule has 0 aromatic rings. The van der Waals surface area contributed by atoms with Crippen LogP contribution in [-0.4, -0.2) is 36.0 Å². The van der Waals surface area contributed by atoms with Crippen LogP contribution in [0.5, 0.6) is 0 Å². The van der Waals surface area contributed by atoms with Gasteiger partial charge >= 0.3 is 0 Å². The SMILES string of the molecule is CCCC1(CCC)OCC[N+](C)([O-])C1(CCC)CCC. The van der Waals surface area contributed by atoms with E-state index in [1.807, 2.05) is 7.05 Å². The summed E-state index contributed by atoms with van der Waals surface area (Å²) >= 11 is 0. The molecule has 0 aliphatic carbocycles. The highest BCUT2D eigenvalue weighted by atomic mass is 16.6. The first kappa shape index (κ1) is 17.9. The second-order valence-electron chi connectivity index (χ2n) is 6.70. The molecule has 0 radical (unpaired) electrons. The Morgan fingerprint density at radius 1 is 0.900 bits per heavy atom. The van der Waals surface area contributed by atoms with Crippen LogP contribution >= 0.6 is 0 Å². The molecule has 0 aromatic carbocycles. The molecular weight excluding hydrogens is 250 g/mol. The second-order valence-corrected chi connectivity index (χ2v) is 6.70. The summed E-state index contributed by atoms with van der Waals surface area (Å²) in [5.41, 5.74) is -0.460. The van der Waals surface area contributed by atoms with Crippen LogP contribution in [-0.2, 0) is 4.74 Å². The molecule has 1 heterocycles. The van der Waals surface area contributed by atoms with E-state index in [0.29, 0.717) is 13.2 Å². The average Bonchev–Trinajstić information content (AvgIpc) is 2.37. The Hall–Kier alpha value is -0.120. The maximum absolute atomic E-state index is 13.4. The standard InChI is InChI=1S/C17H35NO2/c1-6-10-16(11-7-2)17(12-8-3,13-9-4)20-15-14-18(16,5)19/h6-15H2,1-5H3. The van der Waals surface area contributed by atoms with Gasteiger partial charge in [0, 0.05) is 12.8 Å². The van der Waals surface area contributed by atoms with Crippen molar-refractivity contribution in [3.05, 3.63) is 5.21 Å². The lowest BCUT2D eigenvalue weighted by molar-refractivity contribution is -0.935. The quantitative estimate of drug-likeness (QED) is 0.481. The maximum Gasteiger partial charge on any atom is 0.128 e. The fourth-order valence-electron chi connectivity index (χ4n) is 4.62. The monoisotopic (exact) mass is 285 g/mol. The van der Waals surface area contributed by atoms with E-state index in [1.54, 1.807) is 0 Å². The van der Waals surface area contributed by atoms with Crippen LogP contribution < -0.4 is 0 Å². The van der Waals surface area contributed by atoms with E-state index in [-0.39, 0.29) is 15.8 Å². The molecule has 1 unspecified atom stereocenters. The Morgan fingerprint density at radius 2 is 1.35 bits per heavy atom. The van der Waals surface area contributed by atoms with E-state index in [2.05, 4.69) is 27.7 Å². The highest BCUT2D eigenvalue weighted by Crippen LogP contribution is 2.50. The van der Waals surface area contributed by atoms with Crippen molar-refractivity contribution in [2.45, 2.75) is 90.2 Å². The van der Waals surface area contributed by atoms with Crippen molar-refractivity contribution in [2.24, 2.45) is 0 Å². The van der Waals surface area contributed by atoms with Crippen LogP contribution in [0.3, 0.4) is 0 Å². The van der Waals surface area contributed by atoms with Crippen LogP contribution in [0.1, 0.15) is 79.1 Å². The molecule has 0 saturated carbocycles. The third-order valence-electron chi connectivity index (χ3n) is 5.28. The third-order valence-corrected chi connectivity index (χ3v) is 5.28. The van der Waals surface area contributed by atoms with Gasteiger partial charge in [0.2, 0.25) is 0 Å². The fourth-order valence-corrected chi connectivity index (χ4v) is 4.62. The summed E-state index contributed by atoms with van der Waals surface area (Å²) in [4.78, 5) is 0. The molecule has 0 spiro atoms. The second kappa shape index (κ2) is 7.24. The van der Waals surface area contributed by atoms with Gasteiger partial charge in [-0.1, -0.05) is 53.4 Å². The van der Waals surface area contributed by atoms with Gasteiger partial charge in [-0.2, -0.15) is 0 Å². The number of hydrogen-bond acceptors (Lipinski definition) is 2. The first-order valence-corrected chi connectivity index (χ1v) is 8.66. The van der Waals surface area contributed by atoms with Gasteiger partial charge in [-0.3, -0.25) is 0 Å². The van der Waals surface area contributed by atoms with Crippen molar-refractivity contribution in [3.8, 4) is 0 Å². The molecule has 0 N–H and O–H groups in total. The molecule has 0 aromatic heterocycles. The molecule has 0 bridgehead atoms. The Balaban J connectivity index is 3.32. The molecule has 3 nitrogen and oxygen atoms in total. The van der Waals surface area contributed by atoms with Crippen LogP contribution in [0.4, 0.5) is 0 Å². The molecule has 120 valence electrons. The maximum atomic E-state index is 13.4. The lowest BCUT2D eigenvalue weighted by Gasteiger charge is -2.65. The van der Waals surface area contributed by atoms with Crippen molar-refractivity contribution >= 4 is 0 Å². The summed E-state index contributed by atoms with van der Waals surface area (Å²) in [5.74, 6) is 0. The highest BCUT2D eigenvalue weighted by molar-refractivity contribution is 5.04. The Bertz CT molecular complexity index is 271. The predicted molar refractivity (Wildman–Crippen MR) is 85.5 cm³/mol. The molecule has 1 saturated heterocycles. The van der Waals surface area contributed by atoms with Crippen LogP contribution in [0.15, 0.2) is 0 Å². The highest BCUT2D eigenvalue weighted by Gasteiger charge is 2.60. The number of likely N-dealkylation sites (N-methyl/N-ethyl adjacent to an activating group) is 1. The van der Waals surface area contributed by atoms with Crippen molar-refractivity contribution in [1.82, 2.24) is 0 Å². The van der Waals surface area contributed by atoms with E-state index in [4.69, 9.17) is 4.74 Å². The number of morpholine rings is 1. The number of ether oxygens (including phenoxy) is 1. The smallest absolute Gasteiger partial charge is 0.128 e. The normalized spacial score (nSPS) is 28.5. The molecule has 1 aliphatic heterocycles. The summed E-state index contributed by atoms with van der Waals surface area (Å²) in [6, 6.07) is 0. The summed E-state index contributed by atoms with van der Waals surface area (Å²) < 4.78 is 6.28.